The van der Waals surface area contributed by atoms with Crippen LogP contribution in [0.4, 0.5) is 0 Å². The largest absolute Gasteiger partial charge is 0.375 e. The number of hydrogen-bond acceptors (Lipinski definition) is 3. The van der Waals surface area contributed by atoms with Crippen molar-refractivity contribution in [3.8, 4) is 0 Å². The predicted molar refractivity (Wildman–Crippen MR) is 80.3 cm³/mol. The molecule has 1 aliphatic carbocycles. The quantitative estimate of drug-likeness (QED) is 0.863. The Morgan fingerprint density at radius 3 is 2.85 bits per heavy atom. The molecule has 0 bridgehead atoms. The highest BCUT2D eigenvalue weighted by molar-refractivity contribution is 5.79. The molecule has 2 aliphatic rings. The Morgan fingerprint density at radius 1 is 1.45 bits per heavy atom. The van der Waals surface area contributed by atoms with Gasteiger partial charge in [0.1, 0.15) is 0 Å². The molecule has 1 saturated heterocycles. The summed E-state index contributed by atoms with van der Waals surface area (Å²) in [6.07, 6.45) is 5.56. The second kappa shape index (κ2) is 6.90. The zero-order chi connectivity index (χ0) is 14.7. The van der Waals surface area contributed by atoms with E-state index in [0.717, 1.165) is 32.2 Å². The van der Waals surface area contributed by atoms with Crippen LogP contribution in [0.1, 0.15) is 52.9 Å². The molecule has 1 heterocycles. The van der Waals surface area contributed by atoms with Gasteiger partial charge in [-0.1, -0.05) is 20.3 Å². The zero-order valence-electron chi connectivity index (χ0n) is 13.2. The third kappa shape index (κ3) is 3.53. The van der Waals surface area contributed by atoms with Crippen LogP contribution in [-0.4, -0.2) is 42.1 Å². The van der Waals surface area contributed by atoms with Gasteiger partial charge in [0.05, 0.1) is 18.8 Å². The van der Waals surface area contributed by atoms with Crippen LogP contribution >= 0.6 is 0 Å². The third-order valence-corrected chi connectivity index (χ3v) is 5.07. The van der Waals surface area contributed by atoms with Gasteiger partial charge < -0.3 is 15.4 Å². The van der Waals surface area contributed by atoms with Crippen LogP contribution in [0.3, 0.4) is 0 Å². The van der Waals surface area contributed by atoms with Crippen LogP contribution in [0.15, 0.2) is 0 Å². The van der Waals surface area contributed by atoms with Gasteiger partial charge in [-0.05, 0) is 38.5 Å². The van der Waals surface area contributed by atoms with Crippen molar-refractivity contribution in [3.05, 3.63) is 0 Å². The fourth-order valence-electron chi connectivity index (χ4n) is 3.64. The molecule has 5 atom stereocenters. The molecule has 4 nitrogen and oxygen atoms in total. The second-order valence-corrected chi connectivity index (χ2v) is 6.67. The first kappa shape index (κ1) is 15.8. The van der Waals surface area contributed by atoms with Crippen LogP contribution < -0.4 is 5.73 Å². The van der Waals surface area contributed by atoms with E-state index in [1.807, 2.05) is 6.92 Å². The minimum absolute atomic E-state index is 0.0979. The van der Waals surface area contributed by atoms with E-state index in [9.17, 15) is 4.79 Å². The second-order valence-electron chi connectivity index (χ2n) is 6.67. The lowest BCUT2D eigenvalue weighted by atomic mass is 9.78. The Kier molecular flexibility index (Phi) is 5.44. The van der Waals surface area contributed by atoms with Crippen molar-refractivity contribution >= 4 is 5.91 Å². The fraction of sp³-hybridized carbons (Fsp3) is 0.938. The minimum atomic E-state index is 0.0979. The zero-order valence-corrected chi connectivity index (χ0v) is 13.2. The Labute approximate surface area is 123 Å². The van der Waals surface area contributed by atoms with Crippen LogP contribution in [0.25, 0.3) is 0 Å². The van der Waals surface area contributed by atoms with Gasteiger partial charge in [0.15, 0.2) is 0 Å². The molecular weight excluding hydrogens is 252 g/mol. The van der Waals surface area contributed by atoms with Crippen LogP contribution in [0.5, 0.6) is 0 Å². The van der Waals surface area contributed by atoms with Crippen molar-refractivity contribution in [1.82, 2.24) is 4.90 Å². The summed E-state index contributed by atoms with van der Waals surface area (Å²) in [7, 11) is 0. The maximum absolute atomic E-state index is 12.8. The Morgan fingerprint density at radius 2 is 2.20 bits per heavy atom. The first-order chi connectivity index (χ1) is 9.52. The lowest BCUT2D eigenvalue weighted by Gasteiger charge is -2.41. The van der Waals surface area contributed by atoms with Crippen molar-refractivity contribution in [1.29, 1.82) is 0 Å². The van der Waals surface area contributed by atoms with Gasteiger partial charge >= 0.3 is 0 Å². The van der Waals surface area contributed by atoms with Gasteiger partial charge in [-0.3, -0.25) is 4.79 Å². The first-order valence-electron chi connectivity index (χ1n) is 8.20. The normalized spacial score (nSPS) is 36.7. The number of rotatable bonds is 3. The van der Waals surface area contributed by atoms with Crippen molar-refractivity contribution in [2.45, 2.75) is 71.1 Å². The number of amides is 1. The summed E-state index contributed by atoms with van der Waals surface area (Å²) >= 11 is 0. The molecule has 2 fully saturated rings. The molecule has 0 radical (unpaired) electrons. The van der Waals surface area contributed by atoms with E-state index < -0.39 is 0 Å². The average Bonchev–Trinajstić information content (AvgIpc) is 2.45. The van der Waals surface area contributed by atoms with Gasteiger partial charge in [0.25, 0.3) is 0 Å². The molecule has 0 aromatic rings. The third-order valence-electron chi connectivity index (χ3n) is 5.07. The molecule has 1 saturated carbocycles. The molecule has 20 heavy (non-hydrogen) atoms. The number of ether oxygens (including phenoxy) is 1. The van der Waals surface area contributed by atoms with E-state index in [4.69, 9.17) is 10.5 Å². The summed E-state index contributed by atoms with van der Waals surface area (Å²) in [5.41, 5.74) is 6.07. The van der Waals surface area contributed by atoms with E-state index >= 15 is 0 Å². The van der Waals surface area contributed by atoms with Gasteiger partial charge in [-0.2, -0.15) is 0 Å². The van der Waals surface area contributed by atoms with E-state index in [2.05, 4.69) is 18.7 Å². The molecule has 0 aromatic heterocycles. The Balaban J connectivity index is 2.00. The number of hydrogen-bond donors (Lipinski definition) is 1. The minimum Gasteiger partial charge on any atom is -0.375 e. The molecule has 2 rings (SSSR count). The van der Waals surface area contributed by atoms with Gasteiger partial charge in [-0.15, -0.1) is 0 Å². The van der Waals surface area contributed by atoms with Crippen LogP contribution in [0.2, 0.25) is 0 Å². The van der Waals surface area contributed by atoms with Crippen molar-refractivity contribution in [2.24, 2.45) is 17.6 Å². The van der Waals surface area contributed by atoms with Crippen molar-refractivity contribution in [3.63, 3.8) is 0 Å². The summed E-state index contributed by atoms with van der Waals surface area (Å²) in [5.74, 6) is 0.869. The van der Waals surface area contributed by atoms with Crippen molar-refractivity contribution in [2.75, 3.05) is 13.2 Å². The molecule has 0 spiro atoms. The number of morpholine rings is 1. The predicted octanol–water partition coefficient (Wildman–Crippen LogP) is 2.17. The summed E-state index contributed by atoms with van der Waals surface area (Å²) in [6, 6.07) is 0.535. The Hall–Kier alpha value is -0.610. The van der Waals surface area contributed by atoms with Gasteiger partial charge in [0, 0.05) is 18.5 Å². The molecule has 1 amide bonds. The number of nitrogens with two attached hydrogens (primary N) is 1. The molecule has 2 N–H and O–H groups in total. The summed E-state index contributed by atoms with van der Waals surface area (Å²) in [4.78, 5) is 14.9. The molecule has 0 aromatic carbocycles. The van der Waals surface area contributed by atoms with Gasteiger partial charge in [0.2, 0.25) is 5.91 Å². The summed E-state index contributed by atoms with van der Waals surface area (Å²) < 4.78 is 5.69. The number of nitrogens with zero attached hydrogens (tertiary/aromatic N) is 1. The van der Waals surface area contributed by atoms with E-state index in [1.54, 1.807) is 0 Å². The Bertz CT molecular complexity index is 334. The van der Waals surface area contributed by atoms with Crippen molar-refractivity contribution < 1.29 is 9.53 Å². The van der Waals surface area contributed by atoms with Gasteiger partial charge in [-0.25, -0.2) is 0 Å². The summed E-state index contributed by atoms with van der Waals surface area (Å²) in [6.45, 7) is 7.69. The van der Waals surface area contributed by atoms with Crippen LogP contribution in [-0.2, 0) is 9.53 Å². The standard InChI is InChI=1S/C16H30N2O2/c1-4-15-10-20-11(2)9-18(15)16(19)12(3)13-6-5-7-14(17)8-13/h11-15H,4-10,17H2,1-3H3. The molecule has 116 valence electrons. The topological polar surface area (TPSA) is 55.6 Å². The molecule has 5 unspecified atom stereocenters. The maximum Gasteiger partial charge on any atom is 0.226 e. The lowest BCUT2D eigenvalue weighted by molar-refractivity contribution is -0.150. The maximum atomic E-state index is 12.8. The number of carbonyl (C=O) groups excluding carboxylic acids is 1. The van der Waals surface area contributed by atoms with Crippen LogP contribution in [0, 0.1) is 11.8 Å². The number of carbonyl (C=O) groups is 1. The highest BCUT2D eigenvalue weighted by atomic mass is 16.5. The average molecular weight is 282 g/mol. The molecule has 1 aliphatic heterocycles. The highest BCUT2D eigenvalue weighted by Crippen LogP contribution is 2.31. The molecule has 4 heteroatoms. The monoisotopic (exact) mass is 282 g/mol. The fourth-order valence-corrected chi connectivity index (χ4v) is 3.64. The first-order valence-corrected chi connectivity index (χ1v) is 8.20. The summed E-state index contributed by atoms with van der Waals surface area (Å²) in [5, 5.41) is 0. The van der Waals surface area contributed by atoms with E-state index in [-0.39, 0.29) is 24.1 Å². The van der Waals surface area contributed by atoms with E-state index in [1.165, 1.54) is 6.42 Å². The highest BCUT2D eigenvalue weighted by Gasteiger charge is 2.35. The molecular formula is C16H30N2O2. The SMILES string of the molecule is CCC1COC(C)CN1C(=O)C(C)C1CCCC(N)C1. The van der Waals surface area contributed by atoms with E-state index in [0.29, 0.717) is 18.4 Å². The lowest BCUT2D eigenvalue weighted by Crippen LogP contribution is -2.53. The smallest absolute Gasteiger partial charge is 0.226 e.